The molecule has 0 unspecified atom stereocenters. The first kappa shape index (κ1) is 24.6. The van der Waals surface area contributed by atoms with Crippen molar-refractivity contribution >= 4 is 35.6 Å². The molecule has 11 heteroatoms. The molecule has 0 amide bonds. The third kappa shape index (κ3) is 7.83. The zero-order chi connectivity index (χ0) is 23.0. The number of hydrogen-bond acceptors (Lipinski definition) is 11. The largest absolute Gasteiger partial charge is 0.465 e. The summed E-state index contributed by atoms with van der Waals surface area (Å²) in [4.78, 5) is 50.7. The fourth-order valence-corrected chi connectivity index (χ4v) is 4.09. The fourth-order valence-electron chi connectivity index (χ4n) is 3.03. The minimum atomic E-state index is -1.03. The average Bonchev–Trinajstić information content (AvgIpc) is 2.68. The van der Waals surface area contributed by atoms with Crippen molar-refractivity contribution < 1.29 is 42.9 Å². The number of carbonyl (C=O) groups excluding carboxylic acids is 4. The minimum Gasteiger partial charge on any atom is -0.465 e. The second-order valence-electron chi connectivity index (χ2n) is 6.75. The highest BCUT2D eigenvalue weighted by atomic mass is 32.2. The first-order valence-electron chi connectivity index (χ1n) is 9.51. The Hall–Kier alpha value is -2.66. The van der Waals surface area contributed by atoms with Gasteiger partial charge in [0, 0.05) is 33.9 Å². The highest BCUT2D eigenvalue weighted by molar-refractivity contribution is 7.99. The lowest BCUT2D eigenvalue weighted by Crippen LogP contribution is -2.58. The summed E-state index contributed by atoms with van der Waals surface area (Å²) >= 11 is 1.16. The Balaban J connectivity index is 2.40. The van der Waals surface area contributed by atoms with Crippen molar-refractivity contribution in [3.05, 3.63) is 24.4 Å². The van der Waals surface area contributed by atoms with Gasteiger partial charge in [-0.2, -0.15) is 0 Å². The lowest BCUT2D eigenvalue weighted by atomic mass is 9.90. The number of aromatic nitrogens is 1. The molecular weight excluding hydrogens is 430 g/mol. The monoisotopic (exact) mass is 455 g/mol. The first-order valence-corrected chi connectivity index (χ1v) is 10.4. The summed E-state index contributed by atoms with van der Waals surface area (Å²) in [5, 5.41) is 0.580. The molecule has 31 heavy (non-hydrogen) atoms. The Bertz CT molecular complexity index is 788. The number of hydrogen-bond donors (Lipinski definition) is 0. The van der Waals surface area contributed by atoms with Gasteiger partial charge in [-0.25, -0.2) is 4.98 Å². The molecule has 0 saturated carbocycles. The van der Waals surface area contributed by atoms with E-state index in [9.17, 15) is 19.2 Å². The molecule has 2 rings (SSSR count). The van der Waals surface area contributed by atoms with Gasteiger partial charge in [-0.3, -0.25) is 19.2 Å². The minimum absolute atomic E-state index is 0.175. The molecule has 2 heterocycles. The molecular formula is C20H25NO9S. The molecule has 1 aliphatic heterocycles. The lowest BCUT2D eigenvalue weighted by Gasteiger charge is -2.44. The zero-order valence-electron chi connectivity index (χ0n) is 17.6. The molecule has 170 valence electrons. The van der Waals surface area contributed by atoms with E-state index in [1.807, 2.05) is 0 Å². The van der Waals surface area contributed by atoms with E-state index >= 15 is 0 Å². The Morgan fingerprint density at radius 2 is 1.52 bits per heavy atom. The Labute approximate surface area is 183 Å². The van der Waals surface area contributed by atoms with Crippen LogP contribution in [0.3, 0.4) is 0 Å². The van der Waals surface area contributed by atoms with Gasteiger partial charge in [-0.05, 0) is 12.1 Å². The maximum Gasteiger partial charge on any atom is 0.303 e. The van der Waals surface area contributed by atoms with Crippen molar-refractivity contribution in [3.63, 3.8) is 0 Å². The van der Waals surface area contributed by atoms with E-state index in [2.05, 4.69) is 4.98 Å². The van der Waals surface area contributed by atoms with E-state index in [1.54, 1.807) is 24.4 Å². The van der Waals surface area contributed by atoms with Crippen LogP contribution in [0.25, 0.3) is 0 Å². The summed E-state index contributed by atoms with van der Waals surface area (Å²) < 4.78 is 27.3. The molecule has 0 aliphatic carbocycles. The predicted octanol–water partition coefficient (Wildman–Crippen LogP) is 1.50. The van der Waals surface area contributed by atoms with Crippen molar-refractivity contribution in [2.24, 2.45) is 5.92 Å². The summed E-state index contributed by atoms with van der Waals surface area (Å²) in [5.41, 5.74) is -0.836. The second kappa shape index (κ2) is 11.7. The van der Waals surface area contributed by atoms with Crippen molar-refractivity contribution in [2.45, 2.75) is 56.5 Å². The number of rotatable bonds is 8. The van der Waals surface area contributed by atoms with E-state index < -0.39 is 53.5 Å². The van der Waals surface area contributed by atoms with Gasteiger partial charge in [0.2, 0.25) is 0 Å². The van der Waals surface area contributed by atoms with E-state index in [0.29, 0.717) is 5.03 Å². The van der Waals surface area contributed by atoms with Crippen LogP contribution < -0.4 is 0 Å². The molecule has 0 bridgehead atoms. The average molecular weight is 455 g/mol. The number of ether oxygens (including phenoxy) is 5. The molecule has 10 nitrogen and oxygen atoms in total. The molecule has 0 aromatic carbocycles. The van der Waals surface area contributed by atoms with Gasteiger partial charge in [0.05, 0.1) is 10.9 Å². The van der Waals surface area contributed by atoms with E-state index in [0.717, 1.165) is 11.8 Å². The summed E-state index contributed by atoms with van der Waals surface area (Å²) in [6, 6.07) is 5.27. The van der Waals surface area contributed by atoms with Gasteiger partial charge in [-0.1, -0.05) is 17.8 Å². The summed E-state index contributed by atoms with van der Waals surface area (Å²) in [6.45, 7) is 4.54. The van der Waals surface area contributed by atoms with E-state index in [1.165, 1.54) is 27.7 Å². The quantitative estimate of drug-likeness (QED) is 0.418. The number of carbonyl (C=O) groups is 4. The summed E-state index contributed by atoms with van der Waals surface area (Å²) in [5.74, 6) is -3.07. The Kier molecular flexibility index (Phi) is 9.25. The third-order valence-electron chi connectivity index (χ3n) is 4.21. The van der Waals surface area contributed by atoms with Crippen LogP contribution in [0.15, 0.2) is 29.4 Å². The number of thioether (sulfide) groups is 1. The molecule has 1 aromatic heterocycles. The fraction of sp³-hybridized carbons (Fsp3) is 0.550. The predicted molar refractivity (Wildman–Crippen MR) is 107 cm³/mol. The van der Waals surface area contributed by atoms with Crippen LogP contribution in [0.1, 0.15) is 27.7 Å². The van der Waals surface area contributed by atoms with Crippen LogP contribution >= 0.6 is 11.8 Å². The van der Waals surface area contributed by atoms with Crippen LogP contribution in [0.4, 0.5) is 0 Å². The van der Waals surface area contributed by atoms with Crippen LogP contribution in [-0.2, 0) is 42.9 Å². The van der Waals surface area contributed by atoms with Crippen LogP contribution in [0, 0.1) is 5.92 Å². The van der Waals surface area contributed by atoms with Crippen molar-refractivity contribution in [2.75, 3.05) is 13.2 Å². The molecule has 1 aliphatic rings. The smallest absolute Gasteiger partial charge is 0.303 e. The van der Waals surface area contributed by atoms with Crippen LogP contribution in [0.5, 0.6) is 0 Å². The standard InChI is InChI=1S/C20H25NO9S/c1-11(22)26-9-15-16(10-27-12(2)23)30-20(31-17-7-5-6-8-21-17)19(29-14(4)25)18(15)28-13(3)24/h5-8,15-16,18-20H,9-10H2,1-4H3/t15-,16+,18+,19+,20+/m1/s1. The van der Waals surface area contributed by atoms with E-state index in [-0.39, 0.29) is 13.2 Å². The van der Waals surface area contributed by atoms with Gasteiger partial charge >= 0.3 is 23.9 Å². The molecule has 0 spiro atoms. The van der Waals surface area contributed by atoms with Gasteiger partial charge in [-0.15, -0.1) is 0 Å². The SMILES string of the molecule is CC(=O)OC[C@H]1[C@H](OC(C)=O)[C@H](OC(C)=O)[C@H](Sc2ccccn2)O[C@H]1COC(C)=O. The molecule has 0 radical (unpaired) electrons. The molecule has 1 aromatic rings. The van der Waals surface area contributed by atoms with Crippen molar-refractivity contribution in [1.29, 1.82) is 0 Å². The van der Waals surface area contributed by atoms with Crippen molar-refractivity contribution in [3.8, 4) is 0 Å². The van der Waals surface area contributed by atoms with Crippen LogP contribution in [0.2, 0.25) is 0 Å². The maximum atomic E-state index is 11.8. The third-order valence-corrected chi connectivity index (χ3v) is 5.30. The van der Waals surface area contributed by atoms with Gasteiger partial charge in [0.25, 0.3) is 0 Å². The summed E-state index contributed by atoms with van der Waals surface area (Å²) in [6.07, 6.45) is -1.26. The molecule has 1 fully saturated rings. The highest BCUT2D eigenvalue weighted by Gasteiger charge is 2.51. The molecule has 5 atom stereocenters. The molecule has 0 N–H and O–H groups in total. The highest BCUT2D eigenvalue weighted by Crippen LogP contribution is 2.38. The number of esters is 4. The van der Waals surface area contributed by atoms with Gasteiger partial charge in [0.15, 0.2) is 12.2 Å². The molecule has 1 saturated heterocycles. The first-order chi connectivity index (χ1) is 14.7. The normalized spacial score (nSPS) is 25.2. The van der Waals surface area contributed by atoms with Crippen LogP contribution in [-0.4, -0.2) is 65.8 Å². The number of pyridine rings is 1. The Morgan fingerprint density at radius 3 is 2.06 bits per heavy atom. The maximum absolute atomic E-state index is 11.8. The second-order valence-corrected chi connectivity index (χ2v) is 7.86. The zero-order valence-corrected chi connectivity index (χ0v) is 18.5. The lowest BCUT2D eigenvalue weighted by molar-refractivity contribution is -0.222. The Morgan fingerprint density at radius 1 is 0.903 bits per heavy atom. The van der Waals surface area contributed by atoms with Crippen molar-refractivity contribution in [1.82, 2.24) is 4.98 Å². The summed E-state index contributed by atoms with van der Waals surface area (Å²) in [7, 11) is 0. The van der Waals surface area contributed by atoms with E-state index in [4.69, 9.17) is 23.7 Å². The van der Waals surface area contributed by atoms with Gasteiger partial charge < -0.3 is 23.7 Å². The van der Waals surface area contributed by atoms with Gasteiger partial charge in [0.1, 0.15) is 24.8 Å². The number of nitrogens with zero attached hydrogens (tertiary/aromatic N) is 1. The topological polar surface area (TPSA) is 127 Å².